The van der Waals surface area contributed by atoms with Gasteiger partial charge in [0.25, 0.3) is 0 Å². The molecule has 96 valence electrons. The highest BCUT2D eigenvalue weighted by Crippen LogP contribution is 2.24. The molecule has 1 N–H and O–H groups in total. The molecule has 0 bridgehead atoms. The second kappa shape index (κ2) is 6.18. The van der Waals surface area contributed by atoms with E-state index < -0.39 is 0 Å². The molecule has 17 heavy (non-hydrogen) atoms. The van der Waals surface area contributed by atoms with Gasteiger partial charge in [-0.1, -0.05) is 39.0 Å². The van der Waals surface area contributed by atoms with Gasteiger partial charge < -0.3 is 4.74 Å². The fourth-order valence-electron chi connectivity index (χ4n) is 1.80. The maximum Gasteiger partial charge on any atom is 0.0961 e. The van der Waals surface area contributed by atoms with E-state index in [2.05, 4.69) is 51.2 Å². The fraction of sp³-hybridized carbons (Fsp3) is 0.600. The number of ether oxygens (including phenoxy) is 1. The van der Waals surface area contributed by atoms with Crippen molar-refractivity contribution < 1.29 is 4.74 Å². The molecule has 0 amide bonds. The van der Waals surface area contributed by atoms with Crippen molar-refractivity contribution >= 4 is 0 Å². The van der Waals surface area contributed by atoms with E-state index in [1.165, 1.54) is 16.7 Å². The summed E-state index contributed by atoms with van der Waals surface area (Å²) in [6.45, 7) is 10.5. The van der Waals surface area contributed by atoms with Crippen LogP contribution in [0.4, 0.5) is 0 Å². The Hall–Kier alpha value is -0.860. The lowest BCUT2D eigenvalue weighted by Gasteiger charge is -2.21. The predicted molar refractivity (Wildman–Crippen MR) is 73.5 cm³/mol. The molecule has 0 radical (unpaired) electrons. The van der Waals surface area contributed by atoms with Crippen LogP contribution in [0.1, 0.15) is 37.5 Å². The third kappa shape index (κ3) is 4.49. The van der Waals surface area contributed by atoms with Gasteiger partial charge in [-0.3, -0.25) is 5.32 Å². The van der Waals surface area contributed by atoms with Crippen LogP contribution < -0.4 is 5.32 Å². The van der Waals surface area contributed by atoms with Gasteiger partial charge in [-0.2, -0.15) is 0 Å². The second-order valence-corrected chi connectivity index (χ2v) is 5.57. The number of benzene rings is 1. The summed E-state index contributed by atoms with van der Waals surface area (Å²) in [5.41, 5.74) is 4.44. The molecule has 0 aliphatic carbocycles. The van der Waals surface area contributed by atoms with Crippen LogP contribution in [0.3, 0.4) is 0 Å². The Morgan fingerprint density at radius 2 is 1.94 bits per heavy atom. The van der Waals surface area contributed by atoms with Gasteiger partial charge >= 0.3 is 0 Å². The topological polar surface area (TPSA) is 21.3 Å². The molecular weight excluding hydrogens is 210 g/mol. The van der Waals surface area contributed by atoms with Gasteiger partial charge in [-0.15, -0.1) is 0 Å². The summed E-state index contributed by atoms with van der Waals surface area (Å²) >= 11 is 0. The normalized spacial score (nSPS) is 11.8. The molecular formula is C15H25NO. The summed E-state index contributed by atoms with van der Waals surface area (Å²) in [6, 6.07) is 6.80. The van der Waals surface area contributed by atoms with E-state index >= 15 is 0 Å². The second-order valence-electron chi connectivity index (χ2n) is 5.57. The molecule has 1 aromatic carbocycles. The van der Waals surface area contributed by atoms with Crippen molar-refractivity contribution in [2.75, 3.05) is 20.4 Å². The van der Waals surface area contributed by atoms with E-state index in [0.717, 1.165) is 13.0 Å². The zero-order chi connectivity index (χ0) is 12.9. The van der Waals surface area contributed by atoms with Gasteiger partial charge in [0.2, 0.25) is 0 Å². The van der Waals surface area contributed by atoms with Gasteiger partial charge in [0, 0.05) is 13.7 Å². The standard InChI is InChI=1S/C15H25NO/c1-12-6-7-14(15(2,3)4)10-13(12)8-9-16-11-17-5/h6-7,10,16H,8-9,11H2,1-5H3. The number of rotatable bonds is 5. The maximum absolute atomic E-state index is 4.98. The molecule has 2 nitrogen and oxygen atoms in total. The minimum Gasteiger partial charge on any atom is -0.370 e. The van der Waals surface area contributed by atoms with Crippen molar-refractivity contribution in [3.05, 3.63) is 34.9 Å². The summed E-state index contributed by atoms with van der Waals surface area (Å²) in [5, 5.41) is 3.25. The summed E-state index contributed by atoms with van der Waals surface area (Å²) in [5.74, 6) is 0. The lowest BCUT2D eigenvalue weighted by molar-refractivity contribution is 0.176. The van der Waals surface area contributed by atoms with Crippen molar-refractivity contribution in [2.24, 2.45) is 0 Å². The summed E-state index contributed by atoms with van der Waals surface area (Å²) in [7, 11) is 1.71. The Morgan fingerprint density at radius 3 is 2.53 bits per heavy atom. The highest BCUT2D eigenvalue weighted by atomic mass is 16.5. The Kier molecular flexibility index (Phi) is 5.16. The molecule has 0 aliphatic rings. The van der Waals surface area contributed by atoms with E-state index in [4.69, 9.17) is 4.74 Å². The number of aryl methyl sites for hydroxylation is 1. The molecule has 0 fully saturated rings. The van der Waals surface area contributed by atoms with E-state index in [1.807, 2.05) is 0 Å². The van der Waals surface area contributed by atoms with Crippen LogP contribution in [0.15, 0.2) is 18.2 Å². The third-order valence-electron chi connectivity index (χ3n) is 3.03. The molecule has 0 heterocycles. The highest BCUT2D eigenvalue weighted by molar-refractivity contribution is 5.34. The first-order valence-corrected chi connectivity index (χ1v) is 6.25. The smallest absolute Gasteiger partial charge is 0.0961 e. The molecule has 1 rings (SSSR count). The van der Waals surface area contributed by atoms with Crippen molar-refractivity contribution in [3.63, 3.8) is 0 Å². The molecule has 0 saturated heterocycles. The van der Waals surface area contributed by atoms with Crippen LogP contribution in [0, 0.1) is 6.92 Å². The molecule has 0 aromatic heterocycles. The van der Waals surface area contributed by atoms with Crippen molar-refractivity contribution in [1.29, 1.82) is 0 Å². The quantitative estimate of drug-likeness (QED) is 0.625. The van der Waals surface area contributed by atoms with Crippen LogP contribution in [-0.2, 0) is 16.6 Å². The number of hydrogen-bond donors (Lipinski definition) is 1. The van der Waals surface area contributed by atoms with E-state index in [-0.39, 0.29) is 5.41 Å². The first kappa shape index (κ1) is 14.2. The average molecular weight is 235 g/mol. The Morgan fingerprint density at radius 1 is 1.24 bits per heavy atom. The summed E-state index contributed by atoms with van der Waals surface area (Å²) in [6.07, 6.45) is 1.05. The number of nitrogens with one attached hydrogen (secondary N) is 1. The minimum atomic E-state index is 0.225. The van der Waals surface area contributed by atoms with Gasteiger partial charge in [-0.05, 0) is 35.4 Å². The molecule has 0 saturated carbocycles. The largest absolute Gasteiger partial charge is 0.370 e. The van der Waals surface area contributed by atoms with Gasteiger partial charge in [0.05, 0.1) is 6.73 Å². The lowest BCUT2D eigenvalue weighted by atomic mass is 9.85. The molecule has 1 aromatic rings. The zero-order valence-corrected chi connectivity index (χ0v) is 11.8. The highest BCUT2D eigenvalue weighted by Gasteiger charge is 2.14. The SMILES string of the molecule is COCNCCc1cc(C(C)(C)C)ccc1C. The summed E-state index contributed by atoms with van der Waals surface area (Å²) < 4.78 is 4.98. The van der Waals surface area contributed by atoms with Gasteiger partial charge in [-0.25, -0.2) is 0 Å². The van der Waals surface area contributed by atoms with Crippen molar-refractivity contribution in [1.82, 2.24) is 5.32 Å². The van der Waals surface area contributed by atoms with Crippen LogP contribution >= 0.6 is 0 Å². The lowest BCUT2D eigenvalue weighted by Crippen LogP contribution is -2.20. The molecule has 2 heteroatoms. The van der Waals surface area contributed by atoms with Gasteiger partial charge in [0.1, 0.15) is 0 Å². The van der Waals surface area contributed by atoms with E-state index in [0.29, 0.717) is 6.73 Å². The van der Waals surface area contributed by atoms with E-state index in [1.54, 1.807) is 7.11 Å². The Bertz CT molecular complexity index is 352. The number of hydrogen-bond acceptors (Lipinski definition) is 2. The molecule has 0 unspecified atom stereocenters. The van der Waals surface area contributed by atoms with E-state index in [9.17, 15) is 0 Å². The first-order valence-electron chi connectivity index (χ1n) is 6.25. The maximum atomic E-state index is 4.98. The Labute approximate surface area is 105 Å². The first-order chi connectivity index (χ1) is 7.95. The van der Waals surface area contributed by atoms with Crippen LogP contribution in [-0.4, -0.2) is 20.4 Å². The average Bonchev–Trinajstić information content (AvgIpc) is 2.25. The van der Waals surface area contributed by atoms with Crippen LogP contribution in [0.2, 0.25) is 0 Å². The molecule has 0 spiro atoms. The van der Waals surface area contributed by atoms with Gasteiger partial charge in [0.15, 0.2) is 0 Å². The fourth-order valence-corrected chi connectivity index (χ4v) is 1.80. The molecule has 0 atom stereocenters. The number of methoxy groups -OCH3 is 1. The summed E-state index contributed by atoms with van der Waals surface area (Å²) in [4.78, 5) is 0. The predicted octanol–water partition coefficient (Wildman–Crippen LogP) is 3.03. The van der Waals surface area contributed by atoms with Crippen molar-refractivity contribution in [2.45, 2.75) is 39.5 Å². The minimum absolute atomic E-state index is 0.225. The monoisotopic (exact) mass is 235 g/mol. The van der Waals surface area contributed by atoms with Crippen molar-refractivity contribution in [3.8, 4) is 0 Å². The Balaban J connectivity index is 2.70. The van der Waals surface area contributed by atoms with Crippen LogP contribution in [0.25, 0.3) is 0 Å². The third-order valence-corrected chi connectivity index (χ3v) is 3.03. The van der Waals surface area contributed by atoms with Crippen LogP contribution in [0.5, 0.6) is 0 Å². The zero-order valence-electron chi connectivity index (χ0n) is 11.8. The molecule has 0 aliphatic heterocycles.